The molecule has 2 N–H and O–H groups in total. The van der Waals surface area contributed by atoms with E-state index in [0.29, 0.717) is 59.6 Å². The zero-order chi connectivity index (χ0) is 91.8. The van der Waals surface area contributed by atoms with Gasteiger partial charge in [-0.25, -0.2) is 8.42 Å². The summed E-state index contributed by atoms with van der Waals surface area (Å²) in [7, 11) is -4.20. The number of amides is 2. The van der Waals surface area contributed by atoms with Crippen molar-refractivity contribution in [2.24, 2.45) is 47.3 Å². The Hall–Kier alpha value is -9.42. The van der Waals surface area contributed by atoms with Gasteiger partial charge in [-0.2, -0.15) is 0 Å². The molecule has 0 aliphatic rings. The number of carbonyl (C=O) groups excluding carboxylic acids is 4. The SMILES string of the molecule is CC(=O)NCCCC(C)C.CC(=O)NCc1ccc(CC(C)C)cc1.CC(=O)c1ccc(CC(C)C)cc1.CC(C)Cc1ccc(CC(=O)Cc2ccccc2)cc1.CC(C)Cc1ccc(CS(=O)(=O)c2ccccc2)cc1.CC(C)Cc1ccc(CS(=O)c2ccccc2)cc1.CCCCCCc1ccc(CC(C)C)cc1.Cc1ccc(CC(C)C)cc1. The number of sulfone groups is 1. The molecule has 672 valence electrons. The van der Waals surface area contributed by atoms with Gasteiger partial charge in [0.2, 0.25) is 11.8 Å². The van der Waals surface area contributed by atoms with Gasteiger partial charge in [0.05, 0.1) is 27.2 Å². The molecular formula is C113H156N2O7S2. The number of nitrogens with one attached hydrogen (secondary N) is 2. The Kier molecular flexibility index (Phi) is 55.0. The van der Waals surface area contributed by atoms with Gasteiger partial charge in [0.25, 0.3) is 0 Å². The van der Waals surface area contributed by atoms with E-state index in [1.165, 1.54) is 108 Å². The molecule has 2 amide bonds. The molecule has 10 aromatic rings. The third kappa shape index (κ3) is 53.7. The second-order valence-electron chi connectivity index (χ2n) is 36.5. The van der Waals surface area contributed by atoms with Gasteiger partial charge in [-0.3, -0.25) is 23.4 Å². The quantitative estimate of drug-likeness (QED) is 0.0294. The lowest BCUT2D eigenvalue weighted by Crippen LogP contribution is -2.21. The maximum Gasteiger partial charge on any atom is 0.217 e. The largest absolute Gasteiger partial charge is 0.356 e. The average Bonchev–Trinajstić information content (AvgIpc) is 0.833. The van der Waals surface area contributed by atoms with Crippen molar-refractivity contribution in [1.82, 2.24) is 10.6 Å². The van der Waals surface area contributed by atoms with Crippen LogP contribution in [0.15, 0.2) is 271 Å². The van der Waals surface area contributed by atoms with Crippen LogP contribution < -0.4 is 10.6 Å². The van der Waals surface area contributed by atoms with E-state index in [2.05, 4.69) is 257 Å². The van der Waals surface area contributed by atoms with Crippen LogP contribution in [0.1, 0.15) is 265 Å². The van der Waals surface area contributed by atoms with Crippen molar-refractivity contribution in [2.75, 3.05) is 6.54 Å². The van der Waals surface area contributed by atoms with Gasteiger partial charge in [0.15, 0.2) is 15.6 Å². The Balaban J connectivity index is 0.000000370. The summed E-state index contributed by atoms with van der Waals surface area (Å²) in [5, 5.41) is 5.55. The molecule has 0 aliphatic carbocycles. The van der Waals surface area contributed by atoms with Gasteiger partial charge in [-0.15, -0.1) is 0 Å². The van der Waals surface area contributed by atoms with Gasteiger partial charge in [0.1, 0.15) is 5.78 Å². The van der Waals surface area contributed by atoms with Crippen LogP contribution in [0.5, 0.6) is 0 Å². The molecular weight excluding hydrogens is 1560 g/mol. The van der Waals surface area contributed by atoms with E-state index in [1.54, 1.807) is 38.1 Å². The number of hydrogen-bond acceptors (Lipinski definition) is 7. The van der Waals surface area contributed by atoms with Crippen molar-refractivity contribution in [3.63, 3.8) is 0 Å². The normalized spacial score (nSPS) is 11.1. The standard InChI is InChI=1S/C19H22O.C17H20O2S.C17H20OS.C16H26.C13H19NO.C12H16O.C11H16.C8H17NO/c1-15(2)12-17-8-10-18(11-9-17)14-19(20)13-16-6-4-3-5-7-16;1-14(2)12-15-8-10-16(11-9-15)13-20(18,19)17-6-4-3-5-7-17;1-14(2)12-15-8-10-16(11-9-15)13-19(18)17-6-4-3-5-7-17;1-4-5-6-7-8-15-9-11-16(12-10-15)13-14(2)3;1-10(2)8-12-4-6-13(7-5-12)9-14-11(3)15;1-9(2)8-11-4-6-12(7-5-11)10(3)13;1-9(2)8-11-6-4-10(3)5-7-11;1-7(2)5-4-6-9-8(3)10/h3-11,15H,12-14H2,1-2H3;3-11,14H,12-13H2,1-2H3;3-11,14H,12-13H2,1-2H3;9-12,14H,4-8,13H2,1-3H3;4-7,10H,8-9H2,1-3H3,(H,14,15);4-7,9H,8H2,1-3H3;4-7,9H,8H2,1-3H3;7H,4-6H2,1-3H3,(H,9,10). The zero-order valence-corrected chi connectivity index (χ0v) is 81.4. The van der Waals surface area contributed by atoms with Crippen molar-refractivity contribution in [3.8, 4) is 0 Å². The molecule has 0 radical (unpaired) electrons. The van der Waals surface area contributed by atoms with Gasteiger partial charge in [0, 0.05) is 50.2 Å². The second kappa shape index (κ2) is 62.7. The van der Waals surface area contributed by atoms with Crippen LogP contribution in [0.4, 0.5) is 0 Å². The molecule has 124 heavy (non-hydrogen) atoms. The highest BCUT2D eigenvalue weighted by Crippen LogP contribution is 2.22. The van der Waals surface area contributed by atoms with Gasteiger partial charge >= 0.3 is 0 Å². The summed E-state index contributed by atoms with van der Waals surface area (Å²) in [6.07, 6.45) is 17.8. The molecule has 0 heterocycles. The first-order chi connectivity index (χ1) is 58.9. The van der Waals surface area contributed by atoms with Crippen LogP contribution in [0, 0.1) is 54.3 Å². The first kappa shape index (κ1) is 109. The Morgan fingerprint density at radius 2 is 0.653 bits per heavy atom. The summed E-state index contributed by atoms with van der Waals surface area (Å²) in [5.74, 6) is 6.70. The highest BCUT2D eigenvalue weighted by atomic mass is 32.2. The molecule has 10 aromatic carbocycles. The van der Waals surface area contributed by atoms with Crippen LogP contribution in [0.2, 0.25) is 0 Å². The molecule has 10 rings (SSSR count). The van der Waals surface area contributed by atoms with E-state index in [0.717, 1.165) is 101 Å². The van der Waals surface area contributed by atoms with Crippen LogP contribution in [0.25, 0.3) is 0 Å². The fourth-order valence-corrected chi connectivity index (χ4v) is 16.0. The highest BCUT2D eigenvalue weighted by molar-refractivity contribution is 7.90. The molecule has 0 fully saturated rings. The minimum atomic E-state index is -3.25. The van der Waals surface area contributed by atoms with E-state index >= 15 is 0 Å². The maximum atomic E-state index is 12.3. The molecule has 11 heteroatoms. The molecule has 1 unspecified atom stereocenters. The third-order valence-electron chi connectivity index (χ3n) is 19.7. The smallest absolute Gasteiger partial charge is 0.217 e. The Bertz CT molecular complexity index is 4610. The number of carbonyl (C=O) groups is 4. The van der Waals surface area contributed by atoms with Crippen LogP contribution >= 0.6 is 0 Å². The minimum absolute atomic E-state index is 0.0151. The minimum Gasteiger partial charge on any atom is -0.356 e. The Labute approximate surface area is 755 Å². The lowest BCUT2D eigenvalue weighted by atomic mass is 9.99. The predicted octanol–water partition coefficient (Wildman–Crippen LogP) is 27.7. The lowest BCUT2D eigenvalue weighted by molar-refractivity contribution is -0.119. The van der Waals surface area contributed by atoms with E-state index in [-0.39, 0.29) is 29.1 Å². The number of benzene rings is 10. The monoisotopic (exact) mass is 1720 g/mol. The van der Waals surface area contributed by atoms with Crippen molar-refractivity contribution in [1.29, 1.82) is 0 Å². The number of ketones is 2. The molecule has 0 saturated heterocycles. The first-order valence-electron chi connectivity index (χ1n) is 45.8. The fourth-order valence-electron chi connectivity index (χ4n) is 13.5. The second-order valence-corrected chi connectivity index (χ2v) is 39.9. The summed E-state index contributed by atoms with van der Waals surface area (Å²) in [6.45, 7) is 46.0. The van der Waals surface area contributed by atoms with E-state index < -0.39 is 20.6 Å². The highest BCUT2D eigenvalue weighted by Gasteiger charge is 2.16. The Morgan fingerprint density at radius 1 is 0.331 bits per heavy atom. The van der Waals surface area contributed by atoms with E-state index in [9.17, 15) is 31.8 Å². The summed E-state index contributed by atoms with van der Waals surface area (Å²) in [4.78, 5) is 45.4. The maximum absolute atomic E-state index is 12.3. The van der Waals surface area contributed by atoms with Crippen LogP contribution in [0.3, 0.4) is 0 Å². The number of hydrogen-bond donors (Lipinski definition) is 2. The lowest BCUT2D eigenvalue weighted by Gasteiger charge is -2.07. The molecule has 9 nitrogen and oxygen atoms in total. The molecule has 0 spiro atoms. The van der Waals surface area contributed by atoms with E-state index in [4.69, 9.17) is 0 Å². The summed E-state index contributed by atoms with van der Waals surface area (Å²) < 4.78 is 36.7. The van der Waals surface area contributed by atoms with E-state index in [1.807, 2.05) is 115 Å². The molecule has 0 bridgehead atoms. The van der Waals surface area contributed by atoms with Crippen LogP contribution in [-0.2, 0) is 117 Å². The van der Waals surface area contributed by atoms with Crippen molar-refractivity contribution in [3.05, 3.63) is 344 Å². The Morgan fingerprint density at radius 3 is 1.02 bits per heavy atom. The van der Waals surface area contributed by atoms with Gasteiger partial charge in [-0.1, -0.05) is 379 Å². The fraction of sp³-hybridized carbons (Fsp3) is 0.434. The average molecular weight is 1720 g/mol. The zero-order valence-electron chi connectivity index (χ0n) is 79.8. The topological polar surface area (TPSA) is 144 Å². The predicted molar refractivity (Wildman–Crippen MR) is 530 cm³/mol. The van der Waals surface area contributed by atoms with Gasteiger partial charge < -0.3 is 10.6 Å². The summed E-state index contributed by atoms with van der Waals surface area (Å²) in [6, 6.07) is 87.3. The molecule has 1 atom stereocenters. The molecule has 0 saturated carbocycles. The number of Topliss-reactive ketones (excluding diaryl/α,β-unsaturated/α-hetero) is 2. The number of aryl methyl sites for hydroxylation is 2. The van der Waals surface area contributed by atoms with Crippen LogP contribution in [-0.4, -0.2) is 42.6 Å². The molecule has 0 aromatic heterocycles. The molecule has 0 aliphatic heterocycles. The summed E-state index contributed by atoms with van der Waals surface area (Å²) >= 11 is 0. The number of unbranched alkanes of at least 4 members (excludes halogenated alkanes) is 3. The first-order valence-corrected chi connectivity index (χ1v) is 48.7. The third-order valence-corrected chi connectivity index (χ3v) is 22.8. The van der Waals surface area contributed by atoms with Crippen molar-refractivity contribution in [2.45, 2.75) is 276 Å². The van der Waals surface area contributed by atoms with Gasteiger partial charge in [-0.05, 0) is 228 Å². The van der Waals surface area contributed by atoms with Crippen molar-refractivity contribution < 1.29 is 31.8 Å². The van der Waals surface area contributed by atoms with Crippen molar-refractivity contribution >= 4 is 44.0 Å². The summed E-state index contributed by atoms with van der Waals surface area (Å²) in [5.41, 5.74) is 18.5. The number of rotatable bonds is 36.